The number of allylic oxidation sites excluding steroid dienone is 4. The van der Waals surface area contributed by atoms with E-state index in [1.165, 1.54) is 6.92 Å². The van der Waals surface area contributed by atoms with Crippen LogP contribution in [0.2, 0.25) is 0 Å². The van der Waals surface area contributed by atoms with Crippen LogP contribution < -0.4 is 0 Å². The Balaban J connectivity index is 4.28. The smallest absolute Gasteiger partial charge is 0.158 e. The molecule has 0 bridgehead atoms. The van der Waals surface area contributed by atoms with E-state index in [4.69, 9.17) is 0 Å². The third-order valence-electron chi connectivity index (χ3n) is 1.66. The van der Waals surface area contributed by atoms with Gasteiger partial charge in [0.2, 0.25) is 0 Å². The van der Waals surface area contributed by atoms with Crippen molar-refractivity contribution in [2.45, 2.75) is 26.4 Å². The average molecular weight is 180 g/mol. The lowest BCUT2D eigenvalue weighted by Gasteiger charge is -2.06. The molecule has 0 fully saturated rings. The first-order valence-corrected chi connectivity index (χ1v) is 4.24. The third kappa shape index (κ3) is 5.15. The Hall–Kier alpha value is -1.15. The van der Waals surface area contributed by atoms with Crippen molar-refractivity contribution in [3.05, 3.63) is 36.5 Å². The Morgan fingerprint density at radius 2 is 2.23 bits per heavy atom. The number of hydrogen-bond acceptors (Lipinski definition) is 2. The van der Waals surface area contributed by atoms with Crippen LogP contribution >= 0.6 is 0 Å². The second-order valence-electron chi connectivity index (χ2n) is 2.80. The Bertz CT molecular complexity index is 236. The summed E-state index contributed by atoms with van der Waals surface area (Å²) in [6.45, 7) is 6.88. The van der Waals surface area contributed by atoms with Gasteiger partial charge in [-0.25, -0.2) is 0 Å². The van der Waals surface area contributed by atoms with E-state index in [2.05, 4.69) is 6.58 Å². The summed E-state index contributed by atoms with van der Waals surface area (Å²) in [5.41, 5.74) is 0.862. The van der Waals surface area contributed by atoms with E-state index in [0.29, 0.717) is 6.42 Å². The molecule has 0 saturated carbocycles. The van der Waals surface area contributed by atoms with E-state index in [9.17, 15) is 9.90 Å². The fraction of sp³-hybridized carbons (Fsp3) is 0.364. The van der Waals surface area contributed by atoms with Crippen molar-refractivity contribution in [3.8, 4) is 0 Å². The SMILES string of the molecule is C=C/C(=C\C=C/C)CC(O)C(C)=O. The van der Waals surface area contributed by atoms with Crippen LogP contribution in [0, 0.1) is 0 Å². The molecule has 2 nitrogen and oxygen atoms in total. The first kappa shape index (κ1) is 11.8. The van der Waals surface area contributed by atoms with Crippen molar-refractivity contribution in [1.82, 2.24) is 0 Å². The zero-order chi connectivity index (χ0) is 10.3. The largest absolute Gasteiger partial charge is 0.385 e. The lowest BCUT2D eigenvalue weighted by molar-refractivity contribution is -0.124. The van der Waals surface area contributed by atoms with Gasteiger partial charge >= 0.3 is 0 Å². The topological polar surface area (TPSA) is 37.3 Å². The zero-order valence-corrected chi connectivity index (χ0v) is 8.16. The summed E-state index contributed by atoms with van der Waals surface area (Å²) in [7, 11) is 0. The Labute approximate surface area is 79.3 Å². The minimum Gasteiger partial charge on any atom is -0.385 e. The van der Waals surface area contributed by atoms with Gasteiger partial charge in [-0.1, -0.05) is 30.9 Å². The molecule has 1 N–H and O–H groups in total. The molecular weight excluding hydrogens is 164 g/mol. The summed E-state index contributed by atoms with van der Waals surface area (Å²) in [6.07, 6.45) is 6.64. The number of aliphatic hydroxyl groups is 1. The lowest BCUT2D eigenvalue weighted by Crippen LogP contribution is -2.16. The van der Waals surface area contributed by atoms with Gasteiger partial charge in [0.1, 0.15) is 6.10 Å². The number of aliphatic hydroxyl groups excluding tert-OH is 1. The maximum absolute atomic E-state index is 10.7. The highest BCUT2D eigenvalue weighted by molar-refractivity contribution is 5.80. The van der Waals surface area contributed by atoms with E-state index in [0.717, 1.165) is 5.57 Å². The van der Waals surface area contributed by atoms with Crippen molar-refractivity contribution in [1.29, 1.82) is 0 Å². The first-order chi connectivity index (χ1) is 6.11. The van der Waals surface area contributed by atoms with E-state index < -0.39 is 6.10 Å². The number of Topliss-reactive ketones (excluding diaryl/α,β-unsaturated/α-hetero) is 1. The number of carbonyl (C=O) groups excluding carboxylic acids is 1. The van der Waals surface area contributed by atoms with Crippen molar-refractivity contribution in [2.75, 3.05) is 0 Å². The molecular formula is C11H16O2. The fourth-order valence-electron chi connectivity index (χ4n) is 0.806. The van der Waals surface area contributed by atoms with Crippen LogP contribution in [0.4, 0.5) is 0 Å². The first-order valence-electron chi connectivity index (χ1n) is 4.24. The maximum Gasteiger partial charge on any atom is 0.158 e. The van der Waals surface area contributed by atoms with Crippen molar-refractivity contribution in [3.63, 3.8) is 0 Å². The van der Waals surface area contributed by atoms with Gasteiger partial charge in [0.05, 0.1) is 0 Å². The molecule has 0 aliphatic heterocycles. The van der Waals surface area contributed by atoms with E-state index in [1.807, 2.05) is 25.2 Å². The molecule has 0 amide bonds. The van der Waals surface area contributed by atoms with Crippen molar-refractivity contribution >= 4 is 5.78 Å². The molecule has 1 unspecified atom stereocenters. The van der Waals surface area contributed by atoms with Crippen LogP contribution in [0.1, 0.15) is 20.3 Å². The highest BCUT2D eigenvalue weighted by Gasteiger charge is 2.09. The quantitative estimate of drug-likeness (QED) is 0.657. The summed E-state index contributed by atoms with van der Waals surface area (Å²) >= 11 is 0. The van der Waals surface area contributed by atoms with Crippen LogP contribution in [-0.4, -0.2) is 17.0 Å². The highest BCUT2D eigenvalue weighted by atomic mass is 16.3. The lowest BCUT2D eigenvalue weighted by atomic mass is 10.1. The Morgan fingerprint density at radius 1 is 1.62 bits per heavy atom. The molecule has 72 valence electrons. The average Bonchev–Trinajstić information content (AvgIpc) is 2.11. The molecule has 0 heterocycles. The minimum atomic E-state index is -0.908. The molecule has 1 atom stereocenters. The van der Waals surface area contributed by atoms with Crippen molar-refractivity contribution < 1.29 is 9.90 Å². The molecule has 0 aliphatic rings. The summed E-state index contributed by atoms with van der Waals surface area (Å²) < 4.78 is 0. The van der Waals surface area contributed by atoms with Gasteiger partial charge < -0.3 is 5.11 Å². The summed E-state index contributed by atoms with van der Waals surface area (Å²) in [5, 5.41) is 9.27. The van der Waals surface area contributed by atoms with Gasteiger partial charge in [-0.15, -0.1) is 0 Å². The second-order valence-corrected chi connectivity index (χ2v) is 2.80. The minimum absolute atomic E-state index is 0.215. The van der Waals surface area contributed by atoms with Gasteiger partial charge in [0.25, 0.3) is 0 Å². The Morgan fingerprint density at radius 3 is 2.62 bits per heavy atom. The van der Waals surface area contributed by atoms with Gasteiger partial charge in [0, 0.05) is 6.42 Å². The predicted molar refractivity (Wildman–Crippen MR) is 54.4 cm³/mol. The standard InChI is InChI=1S/C11H16O2/c1-4-6-7-10(5-2)8-11(13)9(3)12/h4-7,11,13H,2,8H2,1,3H3/b6-4-,10-7+. The third-order valence-corrected chi connectivity index (χ3v) is 1.66. The number of ketones is 1. The van der Waals surface area contributed by atoms with Crippen LogP contribution in [0.5, 0.6) is 0 Å². The van der Waals surface area contributed by atoms with Crippen LogP contribution in [-0.2, 0) is 4.79 Å². The molecule has 0 saturated heterocycles. The molecule has 0 aromatic rings. The van der Waals surface area contributed by atoms with Crippen LogP contribution in [0.25, 0.3) is 0 Å². The van der Waals surface area contributed by atoms with Crippen LogP contribution in [0.15, 0.2) is 36.5 Å². The molecule has 13 heavy (non-hydrogen) atoms. The van der Waals surface area contributed by atoms with Gasteiger partial charge in [-0.05, 0) is 19.4 Å². The fourth-order valence-corrected chi connectivity index (χ4v) is 0.806. The second kappa shape index (κ2) is 6.38. The molecule has 0 aromatic heterocycles. The summed E-state index contributed by atoms with van der Waals surface area (Å²) in [5.74, 6) is -0.215. The number of carbonyl (C=O) groups is 1. The number of hydrogen-bond donors (Lipinski definition) is 1. The van der Waals surface area contributed by atoms with Gasteiger partial charge in [0.15, 0.2) is 5.78 Å². The molecule has 0 spiro atoms. The summed E-state index contributed by atoms with van der Waals surface area (Å²) in [6, 6.07) is 0. The normalized spacial score (nSPS) is 14.5. The molecule has 0 radical (unpaired) electrons. The number of rotatable bonds is 5. The predicted octanol–water partition coefficient (Wildman–Crippen LogP) is 2.01. The van der Waals surface area contributed by atoms with E-state index in [-0.39, 0.29) is 5.78 Å². The molecule has 0 aliphatic carbocycles. The monoisotopic (exact) mass is 180 g/mol. The zero-order valence-electron chi connectivity index (χ0n) is 8.16. The molecule has 0 aromatic carbocycles. The van der Waals surface area contributed by atoms with Crippen molar-refractivity contribution in [2.24, 2.45) is 0 Å². The van der Waals surface area contributed by atoms with Gasteiger partial charge in [-0.2, -0.15) is 0 Å². The van der Waals surface area contributed by atoms with E-state index in [1.54, 1.807) is 6.08 Å². The maximum atomic E-state index is 10.7. The van der Waals surface area contributed by atoms with Crippen LogP contribution in [0.3, 0.4) is 0 Å². The Kier molecular flexibility index (Phi) is 5.81. The highest BCUT2D eigenvalue weighted by Crippen LogP contribution is 2.07. The van der Waals surface area contributed by atoms with E-state index >= 15 is 0 Å². The van der Waals surface area contributed by atoms with Gasteiger partial charge in [-0.3, -0.25) is 4.79 Å². The molecule has 0 rings (SSSR count). The summed E-state index contributed by atoms with van der Waals surface area (Å²) in [4.78, 5) is 10.7. The molecule has 2 heteroatoms.